The van der Waals surface area contributed by atoms with Gasteiger partial charge in [-0.15, -0.1) is 0 Å². The fourth-order valence-electron chi connectivity index (χ4n) is 1.65. The molecule has 1 fully saturated rings. The first-order chi connectivity index (χ1) is 7.24. The molecule has 0 radical (unpaired) electrons. The third-order valence-corrected chi connectivity index (χ3v) is 2.79. The molecule has 0 aromatic carbocycles. The number of carbonyl (C=O) groups is 1. The fraction of sp³-hybridized carbons (Fsp3) is 0.909. The Labute approximate surface area is 91.5 Å². The molecule has 0 unspecified atom stereocenters. The maximum absolute atomic E-state index is 11.6. The number of rotatable bonds is 5. The van der Waals surface area contributed by atoms with Crippen molar-refractivity contribution >= 4 is 5.91 Å². The maximum atomic E-state index is 11.6. The number of hydrogen-bond donors (Lipinski definition) is 0. The van der Waals surface area contributed by atoms with E-state index in [0.717, 1.165) is 31.8 Å². The Morgan fingerprint density at radius 1 is 1.33 bits per heavy atom. The average molecular weight is 215 g/mol. The van der Waals surface area contributed by atoms with Gasteiger partial charge in [0, 0.05) is 20.2 Å². The maximum Gasteiger partial charge on any atom is 0.248 e. The van der Waals surface area contributed by atoms with Crippen molar-refractivity contribution in [3.63, 3.8) is 0 Å². The molecule has 15 heavy (non-hydrogen) atoms. The topological polar surface area (TPSA) is 38.8 Å². The second-order valence-electron chi connectivity index (χ2n) is 4.11. The Bertz CT molecular complexity index is 188. The van der Waals surface area contributed by atoms with Crippen LogP contribution in [0, 0.1) is 5.92 Å². The van der Waals surface area contributed by atoms with E-state index in [0.29, 0.717) is 13.2 Å². The first kappa shape index (κ1) is 12.5. The molecule has 0 aliphatic carbocycles. The highest BCUT2D eigenvalue weighted by Crippen LogP contribution is 2.15. The predicted octanol–water partition coefficient (Wildman–Crippen LogP) is 0.908. The third-order valence-electron chi connectivity index (χ3n) is 2.79. The third kappa shape index (κ3) is 4.62. The first-order valence-electron chi connectivity index (χ1n) is 5.58. The number of methoxy groups -OCH3 is 1. The molecule has 1 aliphatic heterocycles. The molecule has 0 atom stereocenters. The van der Waals surface area contributed by atoms with Crippen molar-refractivity contribution in [3.8, 4) is 0 Å². The van der Waals surface area contributed by atoms with E-state index in [1.165, 1.54) is 0 Å². The molecule has 4 heteroatoms. The van der Waals surface area contributed by atoms with Gasteiger partial charge in [-0.2, -0.15) is 0 Å². The van der Waals surface area contributed by atoms with E-state index in [4.69, 9.17) is 9.47 Å². The summed E-state index contributed by atoms with van der Waals surface area (Å²) in [7, 11) is 1.62. The summed E-state index contributed by atoms with van der Waals surface area (Å²) in [6, 6.07) is 0. The highest BCUT2D eigenvalue weighted by atomic mass is 16.5. The van der Waals surface area contributed by atoms with Gasteiger partial charge in [-0.05, 0) is 18.8 Å². The van der Waals surface area contributed by atoms with E-state index in [2.05, 4.69) is 6.92 Å². The Morgan fingerprint density at radius 3 is 2.60 bits per heavy atom. The van der Waals surface area contributed by atoms with Crippen molar-refractivity contribution in [2.75, 3.05) is 40.0 Å². The molecule has 0 aromatic rings. The quantitative estimate of drug-likeness (QED) is 0.640. The summed E-state index contributed by atoms with van der Waals surface area (Å²) in [5, 5.41) is 0. The van der Waals surface area contributed by atoms with Crippen LogP contribution in [-0.4, -0.2) is 50.8 Å². The van der Waals surface area contributed by atoms with E-state index in [1.54, 1.807) is 7.11 Å². The molecule has 1 aliphatic rings. The standard InChI is InChI=1S/C11H21NO3/c1-10-3-5-12(6-4-10)11(13)9-15-8-7-14-2/h10H,3-9H2,1-2H3. The van der Waals surface area contributed by atoms with Crippen LogP contribution < -0.4 is 0 Å². The number of ether oxygens (including phenoxy) is 2. The minimum absolute atomic E-state index is 0.109. The Balaban J connectivity index is 2.11. The van der Waals surface area contributed by atoms with Crippen LogP contribution in [0.5, 0.6) is 0 Å². The largest absolute Gasteiger partial charge is 0.382 e. The highest BCUT2D eigenvalue weighted by Gasteiger charge is 2.19. The molecule has 88 valence electrons. The summed E-state index contributed by atoms with van der Waals surface area (Å²) in [6.07, 6.45) is 2.23. The average Bonchev–Trinajstić information content (AvgIpc) is 2.25. The fourth-order valence-corrected chi connectivity index (χ4v) is 1.65. The monoisotopic (exact) mass is 215 g/mol. The molecular formula is C11H21NO3. The summed E-state index contributed by atoms with van der Waals surface area (Å²) >= 11 is 0. The van der Waals surface area contributed by atoms with Crippen molar-refractivity contribution in [2.24, 2.45) is 5.92 Å². The molecule has 0 aromatic heterocycles. The molecule has 1 rings (SSSR count). The van der Waals surface area contributed by atoms with Crippen molar-refractivity contribution < 1.29 is 14.3 Å². The van der Waals surface area contributed by atoms with Gasteiger partial charge in [0.2, 0.25) is 5.91 Å². The van der Waals surface area contributed by atoms with Gasteiger partial charge in [0.25, 0.3) is 0 Å². The second-order valence-corrected chi connectivity index (χ2v) is 4.11. The summed E-state index contributed by atoms with van der Waals surface area (Å²) in [5.74, 6) is 0.862. The van der Waals surface area contributed by atoms with Crippen LogP contribution >= 0.6 is 0 Å². The van der Waals surface area contributed by atoms with Gasteiger partial charge in [-0.3, -0.25) is 4.79 Å². The minimum atomic E-state index is 0.109. The minimum Gasteiger partial charge on any atom is -0.382 e. The number of likely N-dealkylation sites (tertiary alicyclic amines) is 1. The predicted molar refractivity (Wildman–Crippen MR) is 57.7 cm³/mol. The Hall–Kier alpha value is -0.610. The molecule has 1 amide bonds. The lowest BCUT2D eigenvalue weighted by Gasteiger charge is -2.30. The molecular weight excluding hydrogens is 194 g/mol. The molecule has 1 saturated heterocycles. The van der Waals surface area contributed by atoms with Crippen LogP contribution in [0.4, 0.5) is 0 Å². The number of carbonyl (C=O) groups excluding carboxylic acids is 1. The van der Waals surface area contributed by atoms with E-state index in [-0.39, 0.29) is 12.5 Å². The SMILES string of the molecule is COCCOCC(=O)N1CCC(C)CC1. The van der Waals surface area contributed by atoms with Gasteiger partial charge in [0.05, 0.1) is 13.2 Å². The van der Waals surface area contributed by atoms with Gasteiger partial charge in [-0.25, -0.2) is 0 Å². The normalized spacial score (nSPS) is 18.1. The van der Waals surface area contributed by atoms with Crippen LogP contribution in [0.2, 0.25) is 0 Å². The highest BCUT2D eigenvalue weighted by molar-refractivity contribution is 5.77. The molecule has 4 nitrogen and oxygen atoms in total. The Kier molecular flexibility index (Phi) is 5.65. The van der Waals surface area contributed by atoms with E-state index < -0.39 is 0 Å². The first-order valence-corrected chi connectivity index (χ1v) is 5.58. The van der Waals surface area contributed by atoms with Gasteiger partial charge in [0.15, 0.2) is 0 Å². The lowest BCUT2D eigenvalue weighted by molar-refractivity contribution is -0.137. The van der Waals surface area contributed by atoms with Crippen LogP contribution in [0.25, 0.3) is 0 Å². The summed E-state index contributed by atoms with van der Waals surface area (Å²) < 4.78 is 10.0. The van der Waals surface area contributed by atoms with Crippen LogP contribution in [0.1, 0.15) is 19.8 Å². The molecule has 1 heterocycles. The zero-order valence-corrected chi connectivity index (χ0v) is 9.70. The Morgan fingerprint density at radius 2 is 2.00 bits per heavy atom. The molecule has 0 spiro atoms. The van der Waals surface area contributed by atoms with Crippen LogP contribution in [0.15, 0.2) is 0 Å². The van der Waals surface area contributed by atoms with Gasteiger partial charge in [-0.1, -0.05) is 6.92 Å². The van der Waals surface area contributed by atoms with Crippen molar-refractivity contribution in [2.45, 2.75) is 19.8 Å². The summed E-state index contributed by atoms with van der Waals surface area (Å²) in [6.45, 7) is 5.23. The zero-order chi connectivity index (χ0) is 11.1. The number of hydrogen-bond acceptors (Lipinski definition) is 3. The second kappa shape index (κ2) is 6.80. The van der Waals surface area contributed by atoms with Crippen LogP contribution in [0.3, 0.4) is 0 Å². The lowest BCUT2D eigenvalue weighted by Crippen LogP contribution is -2.40. The number of amides is 1. The smallest absolute Gasteiger partial charge is 0.248 e. The molecule has 0 bridgehead atoms. The van der Waals surface area contributed by atoms with Gasteiger partial charge in [0.1, 0.15) is 6.61 Å². The van der Waals surface area contributed by atoms with Crippen LogP contribution in [-0.2, 0) is 14.3 Å². The summed E-state index contributed by atoms with van der Waals surface area (Å²) in [5.41, 5.74) is 0. The van der Waals surface area contributed by atoms with Gasteiger partial charge < -0.3 is 14.4 Å². The summed E-state index contributed by atoms with van der Waals surface area (Å²) in [4.78, 5) is 13.5. The zero-order valence-electron chi connectivity index (χ0n) is 9.70. The molecule has 0 saturated carbocycles. The van der Waals surface area contributed by atoms with E-state index in [1.807, 2.05) is 4.90 Å². The van der Waals surface area contributed by atoms with Crippen molar-refractivity contribution in [1.82, 2.24) is 4.90 Å². The van der Waals surface area contributed by atoms with E-state index in [9.17, 15) is 4.79 Å². The lowest BCUT2D eigenvalue weighted by atomic mass is 9.99. The van der Waals surface area contributed by atoms with Crippen molar-refractivity contribution in [1.29, 1.82) is 0 Å². The van der Waals surface area contributed by atoms with E-state index >= 15 is 0 Å². The van der Waals surface area contributed by atoms with Crippen molar-refractivity contribution in [3.05, 3.63) is 0 Å². The number of nitrogens with zero attached hydrogens (tertiary/aromatic N) is 1. The molecule has 0 N–H and O–H groups in total. The van der Waals surface area contributed by atoms with Gasteiger partial charge >= 0.3 is 0 Å². The number of piperidine rings is 1.